The van der Waals surface area contributed by atoms with Crippen LogP contribution in [0.5, 0.6) is 0 Å². The monoisotopic (exact) mass is 313 g/mol. The number of nitrogens with two attached hydrogens (primary N) is 1. The Morgan fingerprint density at radius 2 is 1.50 bits per heavy atom. The molecule has 0 fully saturated rings. The maximum absolute atomic E-state index is 12.8. The van der Waals surface area contributed by atoms with Crippen molar-refractivity contribution in [3.63, 3.8) is 0 Å². The minimum absolute atomic E-state index is 0.000919. The lowest BCUT2D eigenvalue weighted by molar-refractivity contribution is -0.480. The summed E-state index contributed by atoms with van der Waals surface area (Å²) < 4.78 is 0. The Morgan fingerprint density at radius 1 is 0.708 bits per heavy atom. The van der Waals surface area contributed by atoms with Gasteiger partial charge >= 0.3 is 0 Å². The number of H-pyrrole nitrogens is 1. The number of carbonyl (C=O) groups is 1. The average Bonchev–Trinajstić information content (AvgIpc) is 2.62. The number of benzene rings is 3. The Kier molecular flexibility index (Phi) is 2.55. The largest absolute Gasteiger partial charge is 0.354 e. The first-order chi connectivity index (χ1) is 11.7. The van der Waals surface area contributed by atoms with E-state index < -0.39 is 0 Å². The number of quaternary nitrogens is 1. The molecule has 3 N–H and O–H groups in total. The molecular formula is C20H13N2O2+. The molecule has 0 saturated heterocycles. The summed E-state index contributed by atoms with van der Waals surface area (Å²) in [6, 6.07) is 18.6. The van der Waals surface area contributed by atoms with Crippen LogP contribution in [0.15, 0.2) is 65.5 Å². The van der Waals surface area contributed by atoms with E-state index in [1.165, 1.54) is 0 Å². The summed E-state index contributed by atoms with van der Waals surface area (Å²) in [7, 11) is 0. The van der Waals surface area contributed by atoms with Crippen molar-refractivity contribution in [2.75, 3.05) is 0 Å². The van der Waals surface area contributed by atoms with Crippen molar-refractivity contribution in [2.24, 2.45) is 0 Å². The lowest BCUT2D eigenvalue weighted by Crippen LogP contribution is -2.73. The highest BCUT2D eigenvalue weighted by Gasteiger charge is 2.27. The fourth-order valence-electron chi connectivity index (χ4n) is 3.45. The molecule has 1 aliphatic heterocycles. The van der Waals surface area contributed by atoms with Crippen molar-refractivity contribution in [1.29, 1.82) is 0 Å². The van der Waals surface area contributed by atoms with Crippen molar-refractivity contribution < 1.29 is 10.1 Å². The molecule has 0 radical (unpaired) electrons. The summed E-state index contributed by atoms with van der Waals surface area (Å²) in [5, 5.41) is 3.24. The third-order valence-corrected chi connectivity index (χ3v) is 4.64. The molecule has 0 unspecified atom stereocenters. The second kappa shape index (κ2) is 4.63. The van der Waals surface area contributed by atoms with E-state index in [1.807, 2.05) is 59.9 Å². The Hall–Kier alpha value is -3.24. The summed E-state index contributed by atoms with van der Waals surface area (Å²) in [6.07, 6.45) is 0. The molecule has 2 heterocycles. The van der Waals surface area contributed by atoms with Crippen molar-refractivity contribution in [3.8, 4) is 0 Å². The number of fused-ring (bicyclic) bond motifs is 4. The maximum Gasteiger partial charge on any atom is 0.205 e. The topological polar surface area (TPSA) is 66.5 Å². The van der Waals surface area contributed by atoms with Gasteiger partial charge in [-0.1, -0.05) is 24.3 Å². The summed E-state index contributed by atoms with van der Waals surface area (Å²) in [6.45, 7) is 0. The molecule has 0 amide bonds. The number of carbonyl (C=O) groups excluding carboxylic acids is 1. The Bertz CT molecular complexity index is 1220. The van der Waals surface area contributed by atoms with E-state index in [0.717, 1.165) is 16.9 Å². The highest BCUT2D eigenvalue weighted by molar-refractivity contribution is 6.16. The first-order valence-electron chi connectivity index (χ1n) is 7.79. The SMILES string of the molecule is O=C1c2ccccc2[NH2+]c2cc3c(=O)c4ccccc4[nH]c3cc21. The number of rotatable bonds is 0. The number of aromatic nitrogens is 1. The van der Waals surface area contributed by atoms with Crippen LogP contribution in [0.3, 0.4) is 0 Å². The average molecular weight is 313 g/mol. The van der Waals surface area contributed by atoms with E-state index >= 15 is 0 Å². The zero-order valence-electron chi connectivity index (χ0n) is 12.7. The normalized spacial score (nSPS) is 13.1. The van der Waals surface area contributed by atoms with Gasteiger partial charge in [-0.05, 0) is 24.3 Å². The Morgan fingerprint density at radius 3 is 2.42 bits per heavy atom. The van der Waals surface area contributed by atoms with E-state index in [2.05, 4.69) is 4.98 Å². The highest BCUT2D eigenvalue weighted by atomic mass is 16.1. The van der Waals surface area contributed by atoms with Gasteiger partial charge in [0, 0.05) is 23.0 Å². The predicted octanol–water partition coefficient (Wildman–Crippen LogP) is 2.75. The predicted molar refractivity (Wildman–Crippen MR) is 93.2 cm³/mol. The van der Waals surface area contributed by atoms with Crippen LogP contribution in [0, 0.1) is 0 Å². The third kappa shape index (κ3) is 1.71. The van der Waals surface area contributed by atoms with Crippen LogP contribution < -0.4 is 10.7 Å². The molecule has 24 heavy (non-hydrogen) atoms. The molecule has 0 aliphatic carbocycles. The number of nitrogens with one attached hydrogen (secondary N) is 1. The van der Waals surface area contributed by atoms with Gasteiger partial charge < -0.3 is 4.98 Å². The fraction of sp³-hybridized carbons (Fsp3) is 0. The van der Waals surface area contributed by atoms with Gasteiger partial charge in [0.1, 0.15) is 11.4 Å². The quantitative estimate of drug-likeness (QED) is 0.341. The van der Waals surface area contributed by atoms with E-state index in [0.29, 0.717) is 27.4 Å². The number of hydrogen-bond acceptors (Lipinski definition) is 2. The van der Waals surface area contributed by atoms with E-state index in [9.17, 15) is 9.59 Å². The Balaban J connectivity index is 1.86. The van der Waals surface area contributed by atoms with Crippen LogP contribution in [-0.4, -0.2) is 10.8 Å². The molecule has 1 aliphatic rings. The molecule has 0 saturated carbocycles. The summed E-state index contributed by atoms with van der Waals surface area (Å²) in [5.41, 5.74) is 4.49. The second-order valence-corrected chi connectivity index (χ2v) is 6.05. The van der Waals surface area contributed by atoms with Gasteiger partial charge in [-0.3, -0.25) is 14.9 Å². The maximum atomic E-state index is 12.8. The summed E-state index contributed by atoms with van der Waals surface area (Å²) in [5.74, 6) is -0.000919. The smallest absolute Gasteiger partial charge is 0.205 e. The molecule has 3 aromatic carbocycles. The first kappa shape index (κ1) is 13.2. The van der Waals surface area contributed by atoms with Crippen molar-refractivity contribution in [1.82, 2.24) is 4.98 Å². The van der Waals surface area contributed by atoms with Crippen LogP contribution in [0.1, 0.15) is 15.9 Å². The zero-order chi connectivity index (χ0) is 16.3. The molecule has 0 spiro atoms. The lowest BCUT2D eigenvalue weighted by Gasteiger charge is -2.16. The summed E-state index contributed by atoms with van der Waals surface area (Å²) in [4.78, 5) is 28.8. The highest BCUT2D eigenvalue weighted by Crippen LogP contribution is 2.28. The molecule has 114 valence electrons. The van der Waals surface area contributed by atoms with Gasteiger partial charge in [0.15, 0.2) is 5.43 Å². The van der Waals surface area contributed by atoms with Gasteiger partial charge in [0.25, 0.3) is 0 Å². The van der Waals surface area contributed by atoms with E-state index in [4.69, 9.17) is 0 Å². The van der Waals surface area contributed by atoms with Crippen LogP contribution >= 0.6 is 0 Å². The van der Waals surface area contributed by atoms with E-state index in [-0.39, 0.29) is 11.2 Å². The Labute approximate surface area is 136 Å². The standard InChI is InChI=1S/C20H12N2O2/c23-19-11-5-1-3-7-15(11)21-17-10-14-18(9-13(17)19)22-16-8-4-2-6-12(16)20(14)24/h1-10H,(H,21,23)(H,22,24)/p+1. The number of para-hydroxylation sites is 2. The van der Waals surface area contributed by atoms with Gasteiger partial charge in [-0.2, -0.15) is 0 Å². The molecular weight excluding hydrogens is 300 g/mol. The van der Waals surface area contributed by atoms with Gasteiger partial charge in [-0.15, -0.1) is 0 Å². The number of ketones is 1. The van der Waals surface area contributed by atoms with Gasteiger partial charge in [-0.25, -0.2) is 0 Å². The number of pyridine rings is 1. The van der Waals surface area contributed by atoms with Crippen LogP contribution in [0.2, 0.25) is 0 Å². The number of aromatic amines is 1. The van der Waals surface area contributed by atoms with Crippen molar-refractivity contribution in [3.05, 3.63) is 82.0 Å². The molecule has 5 rings (SSSR count). The minimum Gasteiger partial charge on any atom is -0.354 e. The van der Waals surface area contributed by atoms with E-state index in [1.54, 1.807) is 6.07 Å². The molecule has 4 aromatic rings. The van der Waals surface area contributed by atoms with Crippen LogP contribution in [0.4, 0.5) is 11.4 Å². The molecule has 0 atom stereocenters. The lowest BCUT2D eigenvalue weighted by atomic mass is 9.94. The van der Waals surface area contributed by atoms with Gasteiger partial charge in [0.05, 0.1) is 22.0 Å². The second-order valence-electron chi connectivity index (χ2n) is 6.05. The summed E-state index contributed by atoms with van der Waals surface area (Å²) >= 11 is 0. The van der Waals surface area contributed by atoms with Crippen LogP contribution in [0.25, 0.3) is 21.8 Å². The van der Waals surface area contributed by atoms with Crippen molar-refractivity contribution in [2.45, 2.75) is 0 Å². The third-order valence-electron chi connectivity index (χ3n) is 4.64. The molecule has 0 bridgehead atoms. The molecule has 4 heteroatoms. The van der Waals surface area contributed by atoms with Crippen LogP contribution in [-0.2, 0) is 0 Å². The molecule has 1 aromatic heterocycles. The first-order valence-corrected chi connectivity index (χ1v) is 7.79. The number of hydrogen-bond donors (Lipinski definition) is 2. The van der Waals surface area contributed by atoms with Gasteiger partial charge in [0.2, 0.25) is 5.78 Å². The zero-order valence-corrected chi connectivity index (χ0v) is 12.7. The fourth-order valence-corrected chi connectivity index (χ4v) is 3.45. The van der Waals surface area contributed by atoms with Crippen molar-refractivity contribution >= 4 is 39.0 Å². The minimum atomic E-state index is -0.0122. The molecule has 4 nitrogen and oxygen atoms in total.